The Hall–Kier alpha value is -5.20. The SMILES string of the molecule is c1ccc(-c2c3ccccc3c(-c3ccc4cc(-c5cccc6ccccc56)ccc4c3)c3ccccc23)cc1. The lowest BCUT2D eigenvalue weighted by atomic mass is 9.85. The van der Waals surface area contributed by atoms with E-state index < -0.39 is 0 Å². The van der Waals surface area contributed by atoms with Crippen LogP contribution in [0.2, 0.25) is 0 Å². The van der Waals surface area contributed by atoms with Gasteiger partial charge in [-0.2, -0.15) is 0 Å². The zero-order valence-electron chi connectivity index (χ0n) is 22.0. The maximum Gasteiger partial charge on any atom is -0.00262 e. The topological polar surface area (TPSA) is 0 Å². The summed E-state index contributed by atoms with van der Waals surface area (Å²) in [6, 6.07) is 57.5. The van der Waals surface area contributed by atoms with E-state index in [0.717, 1.165) is 0 Å². The largest absolute Gasteiger partial charge is 0.0622 e. The lowest BCUT2D eigenvalue weighted by Gasteiger charge is -2.18. The summed E-state index contributed by atoms with van der Waals surface area (Å²) >= 11 is 0. The molecule has 0 saturated carbocycles. The summed E-state index contributed by atoms with van der Waals surface area (Å²) < 4.78 is 0. The van der Waals surface area contributed by atoms with Crippen molar-refractivity contribution in [3.05, 3.63) is 158 Å². The fraction of sp³-hybridized carbons (Fsp3) is 0. The summed E-state index contributed by atoms with van der Waals surface area (Å²) in [6.45, 7) is 0. The highest BCUT2D eigenvalue weighted by Crippen LogP contribution is 2.44. The summed E-state index contributed by atoms with van der Waals surface area (Å²) in [5.41, 5.74) is 7.62. The highest BCUT2D eigenvalue weighted by molar-refractivity contribution is 6.21. The Morgan fingerprint density at radius 3 is 1.38 bits per heavy atom. The van der Waals surface area contributed by atoms with Gasteiger partial charge in [-0.3, -0.25) is 0 Å². The van der Waals surface area contributed by atoms with Crippen molar-refractivity contribution in [3.8, 4) is 33.4 Å². The van der Waals surface area contributed by atoms with E-state index in [1.165, 1.54) is 76.5 Å². The number of fused-ring (bicyclic) bond motifs is 4. The van der Waals surface area contributed by atoms with Crippen LogP contribution in [0, 0.1) is 0 Å². The molecule has 8 aromatic rings. The minimum absolute atomic E-state index is 1.25. The van der Waals surface area contributed by atoms with Gasteiger partial charge in [0.1, 0.15) is 0 Å². The molecular formula is C40H26. The van der Waals surface area contributed by atoms with Gasteiger partial charge in [0.25, 0.3) is 0 Å². The second-order valence-electron chi connectivity index (χ2n) is 10.5. The molecule has 8 aromatic carbocycles. The summed E-state index contributed by atoms with van der Waals surface area (Å²) in [4.78, 5) is 0. The summed E-state index contributed by atoms with van der Waals surface area (Å²) in [5, 5.41) is 10.2. The van der Waals surface area contributed by atoms with E-state index in [9.17, 15) is 0 Å². The van der Waals surface area contributed by atoms with Crippen molar-refractivity contribution >= 4 is 43.1 Å². The van der Waals surface area contributed by atoms with Gasteiger partial charge in [0.2, 0.25) is 0 Å². The van der Waals surface area contributed by atoms with Gasteiger partial charge in [0.05, 0.1) is 0 Å². The van der Waals surface area contributed by atoms with Crippen LogP contribution in [0.3, 0.4) is 0 Å². The number of rotatable bonds is 3. The Kier molecular flexibility index (Phi) is 5.24. The fourth-order valence-electron chi connectivity index (χ4n) is 6.40. The maximum absolute atomic E-state index is 2.36. The molecule has 0 bridgehead atoms. The molecule has 0 spiro atoms. The lowest BCUT2D eigenvalue weighted by Crippen LogP contribution is -1.91. The quantitative estimate of drug-likeness (QED) is 0.209. The van der Waals surface area contributed by atoms with Crippen LogP contribution in [0.15, 0.2) is 158 Å². The van der Waals surface area contributed by atoms with Crippen molar-refractivity contribution in [2.45, 2.75) is 0 Å². The second-order valence-corrected chi connectivity index (χ2v) is 10.5. The molecule has 0 aromatic heterocycles. The average Bonchev–Trinajstić information content (AvgIpc) is 3.03. The third-order valence-corrected chi connectivity index (χ3v) is 8.22. The van der Waals surface area contributed by atoms with E-state index in [2.05, 4.69) is 158 Å². The smallest absolute Gasteiger partial charge is 0.00262 e. The van der Waals surface area contributed by atoms with Crippen molar-refractivity contribution in [1.29, 1.82) is 0 Å². The van der Waals surface area contributed by atoms with Crippen molar-refractivity contribution < 1.29 is 0 Å². The average molecular weight is 507 g/mol. The molecule has 186 valence electrons. The van der Waals surface area contributed by atoms with Gasteiger partial charge in [-0.05, 0) is 88.6 Å². The molecule has 0 unspecified atom stereocenters. The van der Waals surface area contributed by atoms with Crippen LogP contribution in [-0.4, -0.2) is 0 Å². The van der Waals surface area contributed by atoms with Crippen LogP contribution in [0.5, 0.6) is 0 Å². The van der Waals surface area contributed by atoms with Crippen molar-refractivity contribution in [3.63, 3.8) is 0 Å². The van der Waals surface area contributed by atoms with Gasteiger partial charge in [0, 0.05) is 0 Å². The van der Waals surface area contributed by atoms with Crippen molar-refractivity contribution in [2.75, 3.05) is 0 Å². The first-order valence-electron chi connectivity index (χ1n) is 13.9. The van der Waals surface area contributed by atoms with Gasteiger partial charge in [-0.1, -0.05) is 146 Å². The molecule has 8 rings (SSSR count). The highest BCUT2D eigenvalue weighted by atomic mass is 14.2. The number of hydrogen-bond donors (Lipinski definition) is 0. The first-order chi connectivity index (χ1) is 19.8. The van der Waals surface area contributed by atoms with E-state index in [4.69, 9.17) is 0 Å². The normalized spacial score (nSPS) is 11.5. The molecule has 40 heavy (non-hydrogen) atoms. The maximum atomic E-state index is 2.36. The van der Waals surface area contributed by atoms with Crippen LogP contribution in [-0.2, 0) is 0 Å². The molecule has 0 amide bonds. The molecule has 0 saturated heterocycles. The molecule has 0 radical (unpaired) electrons. The molecule has 0 heteroatoms. The summed E-state index contributed by atoms with van der Waals surface area (Å²) in [5.74, 6) is 0. The fourth-order valence-corrected chi connectivity index (χ4v) is 6.40. The Bertz CT molecular complexity index is 2140. The molecule has 0 atom stereocenters. The van der Waals surface area contributed by atoms with Crippen LogP contribution in [0.1, 0.15) is 0 Å². The van der Waals surface area contributed by atoms with E-state index in [1.54, 1.807) is 0 Å². The van der Waals surface area contributed by atoms with E-state index in [0.29, 0.717) is 0 Å². The van der Waals surface area contributed by atoms with Gasteiger partial charge in [-0.15, -0.1) is 0 Å². The third-order valence-electron chi connectivity index (χ3n) is 8.22. The Morgan fingerprint density at radius 1 is 0.250 bits per heavy atom. The predicted molar refractivity (Wildman–Crippen MR) is 173 cm³/mol. The standard InChI is InChI=1S/C40H26/c1-2-12-28(13-3-1)39-35-16-6-8-18-37(35)40(38-19-9-7-17-36(38)39)32-24-22-29-25-31(23-21-30(29)26-32)34-20-10-14-27-11-4-5-15-33(27)34/h1-26H. The van der Waals surface area contributed by atoms with E-state index >= 15 is 0 Å². The summed E-state index contributed by atoms with van der Waals surface area (Å²) in [6.07, 6.45) is 0. The predicted octanol–water partition coefficient (Wildman–Crippen LogP) is 11.3. The Labute approximate surface area is 233 Å². The van der Waals surface area contributed by atoms with Crippen LogP contribution in [0.4, 0.5) is 0 Å². The zero-order valence-corrected chi connectivity index (χ0v) is 22.0. The Balaban J connectivity index is 1.35. The minimum Gasteiger partial charge on any atom is -0.0622 e. The van der Waals surface area contributed by atoms with Gasteiger partial charge >= 0.3 is 0 Å². The first kappa shape index (κ1) is 22.8. The number of hydrogen-bond acceptors (Lipinski definition) is 0. The first-order valence-corrected chi connectivity index (χ1v) is 13.9. The molecule has 0 aliphatic carbocycles. The van der Waals surface area contributed by atoms with Crippen molar-refractivity contribution in [2.24, 2.45) is 0 Å². The monoisotopic (exact) mass is 506 g/mol. The molecule has 0 nitrogen and oxygen atoms in total. The van der Waals surface area contributed by atoms with Gasteiger partial charge < -0.3 is 0 Å². The molecule has 0 aliphatic rings. The molecule has 0 N–H and O–H groups in total. The van der Waals surface area contributed by atoms with Crippen molar-refractivity contribution in [1.82, 2.24) is 0 Å². The van der Waals surface area contributed by atoms with Crippen LogP contribution < -0.4 is 0 Å². The lowest BCUT2D eigenvalue weighted by molar-refractivity contribution is 1.66. The third kappa shape index (κ3) is 3.61. The minimum atomic E-state index is 1.25. The van der Waals surface area contributed by atoms with E-state index in [-0.39, 0.29) is 0 Å². The van der Waals surface area contributed by atoms with Gasteiger partial charge in [0.15, 0.2) is 0 Å². The highest BCUT2D eigenvalue weighted by Gasteiger charge is 2.16. The summed E-state index contributed by atoms with van der Waals surface area (Å²) in [7, 11) is 0. The van der Waals surface area contributed by atoms with Crippen LogP contribution in [0.25, 0.3) is 76.5 Å². The second kappa shape index (κ2) is 9.22. The Morgan fingerprint density at radius 2 is 0.725 bits per heavy atom. The molecule has 0 heterocycles. The zero-order chi connectivity index (χ0) is 26.5. The number of benzene rings is 8. The molecular weight excluding hydrogens is 480 g/mol. The van der Waals surface area contributed by atoms with Gasteiger partial charge in [-0.25, -0.2) is 0 Å². The van der Waals surface area contributed by atoms with Crippen LogP contribution >= 0.6 is 0 Å². The molecule has 0 aliphatic heterocycles. The molecule has 0 fully saturated rings. The van der Waals surface area contributed by atoms with E-state index in [1.807, 2.05) is 0 Å².